The van der Waals surface area contributed by atoms with Crippen molar-refractivity contribution in [1.29, 1.82) is 0 Å². The van der Waals surface area contributed by atoms with E-state index in [2.05, 4.69) is 10.6 Å². The summed E-state index contributed by atoms with van der Waals surface area (Å²) in [6.45, 7) is 5.72. The molecule has 2 unspecified atom stereocenters. The Morgan fingerprint density at radius 1 is 1.13 bits per heavy atom. The predicted molar refractivity (Wildman–Crippen MR) is 96.3 cm³/mol. The van der Waals surface area contributed by atoms with Gasteiger partial charge in [-0.15, -0.1) is 22.7 Å². The van der Waals surface area contributed by atoms with Gasteiger partial charge in [0.2, 0.25) is 5.91 Å². The van der Waals surface area contributed by atoms with Gasteiger partial charge in [-0.05, 0) is 36.4 Å². The van der Waals surface area contributed by atoms with Crippen molar-refractivity contribution in [2.45, 2.75) is 32.9 Å². The number of rotatable bonds is 6. The van der Waals surface area contributed by atoms with E-state index < -0.39 is 6.04 Å². The third-order valence-electron chi connectivity index (χ3n) is 3.36. The molecule has 0 saturated heterocycles. The number of nitrogens with one attached hydrogen (secondary N) is 2. The van der Waals surface area contributed by atoms with Crippen molar-refractivity contribution in [2.75, 3.05) is 0 Å². The lowest BCUT2D eigenvalue weighted by Crippen LogP contribution is -2.50. The second-order valence-electron chi connectivity index (χ2n) is 5.54. The fraction of sp³-hybridized carbons (Fsp3) is 0.375. The van der Waals surface area contributed by atoms with E-state index in [4.69, 9.17) is 11.6 Å². The van der Waals surface area contributed by atoms with Crippen LogP contribution in [0.15, 0.2) is 29.6 Å². The van der Waals surface area contributed by atoms with Crippen molar-refractivity contribution in [2.24, 2.45) is 5.92 Å². The minimum absolute atomic E-state index is 0.0157. The van der Waals surface area contributed by atoms with E-state index in [1.54, 1.807) is 6.07 Å². The standard InChI is InChI=1S/C16H19ClN2O2S2/c1-9(2)14(19-15(20)12-5-4-8-22-12)16(21)18-10(3)11-6-7-13(17)23-11/h4-10,14H,1-3H3,(H,18,21)(H,19,20). The average Bonchev–Trinajstić information content (AvgIpc) is 3.14. The second-order valence-corrected chi connectivity index (χ2v) is 8.24. The smallest absolute Gasteiger partial charge is 0.262 e. The van der Waals surface area contributed by atoms with Gasteiger partial charge in [0.05, 0.1) is 15.3 Å². The number of carbonyl (C=O) groups excluding carboxylic acids is 2. The van der Waals surface area contributed by atoms with Gasteiger partial charge < -0.3 is 10.6 Å². The van der Waals surface area contributed by atoms with Crippen molar-refractivity contribution in [3.63, 3.8) is 0 Å². The second kappa shape index (κ2) is 7.95. The van der Waals surface area contributed by atoms with Crippen LogP contribution in [0.5, 0.6) is 0 Å². The lowest BCUT2D eigenvalue weighted by molar-refractivity contribution is -0.124. The number of halogens is 1. The highest BCUT2D eigenvalue weighted by Crippen LogP contribution is 2.26. The van der Waals surface area contributed by atoms with Crippen LogP contribution in [-0.4, -0.2) is 17.9 Å². The van der Waals surface area contributed by atoms with Crippen LogP contribution in [0.25, 0.3) is 0 Å². The fourth-order valence-electron chi connectivity index (χ4n) is 2.09. The van der Waals surface area contributed by atoms with E-state index >= 15 is 0 Å². The maximum Gasteiger partial charge on any atom is 0.262 e. The third-order valence-corrected chi connectivity index (χ3v) is 5.64. The van der Waals surface area contributed by atoms with Gasteiger partial charge >= 0.3 is 0 Å². The molecule has 0 saturated carbocycles. The molecule has 23 heavy (non-hydrogen) atoms. The number of carbonyl (C=O) groups is 2. The van der Waals surface area contributed by atoms with Crippen LogP contribution < -0.4 is 10.6 Å². The first-order chi connectivity index (χ1) is 10.9. The van der Waals surface area contributed by atoms with E-state index in [1.807, 2.05) is 44.4 Å². The van der Waals surface area contributed by atoms with Gasteiger partial charge in [0.15, 0.2) is 0 Å². The van der Waals surface area contributed by atoms with Gasteiger partial charge in [0.25, 0.3) is 5.91 Å². The van der Waals surface area contributed by atoms with E-state index in [0.29, 0.717) is 9.21 Å². The monoisotopic (exact) mass is 370 g/mol. The number of amides is 2. The molecule has 2 N–H and O–H groups in total. The van der Waals surface area contributed by atoms with Crippen molar-refractivity contribution in [3.8, 4) is 0 Å². The van der Waals surface area contributed by atoms with Gasteiger partial charge in [-0.2, -0.15) is 0 Å². The summed E-state index contributed by atoms with van der Waals surface area (Å²) in [5.74, 6) is -0.430. The molecular formula is C16H19ClN2O2S2. The molecule has 2 heterocycles. The maximum absolute atomic E-state index is 12.5. The molecule has 0 spiro atoms. The van der Waals surface area contributed by atoms with Crippen molar-refractivity contribution in [3.05, 3.63) is 43.7 Å². The van der Waals surface area contributed by atoms with Gasteiger partial charge in [-0.1, -0.05) is 31.5 Å². The summed E-state index contributed by atoms with van der Waals surface area (Å²) < 4.78 is 0.688. The van der Waals surface area contributed by atoms with Crippen LogP contribution in [-0.2, 0) is 4.79 Å². The highest BCUT2D eigenvalue weighted by Gasteiger charge is 2.26. The molecule has 0 aliphatic heterocycles. The lowest BCUT2D eigenvalue weighted by atomic mass is 10.0. The van der Waals surface area contributed by atoms with E-state index in [9.17, 15) is 9.59 Å². The summed E-state index contributed by atoms with van der Waals surface area (Å²) in [5, 5.41) is 7.60. The van der Waals surface area contributed by atoms with E-state index in [-0.39, 0.29) is 23.8 Å². The quantitative estimate of drug-likeness (QED) is 0.804. The maximum atomic E-state index is 12.5. The van der Waals surface area contributed by atoms with Crippen LogP contribution in [0.3, 0.4) is 0 Å². The third kappa shape index (κ3) is 4.80. The van der Waals surface area contributed by atoms with Crippen LogP contribution in [0.2, 0.25) is 4.34 Å². The van der Waals surface area contributed by atoms with Crippen LogP contribution in [0, 0.1) is 5.92 Å². The number of hydrogen-bond acceptors (Lipinski definition) is 4. The highest BCUT2D eigenvalue weighted by atomic mass is 35.5. The van der Waals surface area contributed by atoms with Gasteiger partial charge in [0.1, 0.15) is 6.04 Å². The molecule has 2 amide bonds. The van der Waals surface area contributed by atoms with Gasteiger partial charge in [0, 0.05) is 4.88 Å². The lowest BCUT2D eigenvalue weighted by Gasteiger charge is -2.23. The van der Waals surface area contributed by atoms with Gasteiger partial charge in [-0.25, -0.2) is 0 Å². The zero-order chi connectivity index (χ0) is 17.0. The molecule has 0 bridgehead atoms. The Hall–Kier alpha value is -1.37. The summed E-state index contributed by atoms with van der Waals surface area (Å²) in [4.78, 5) is 26.3. The molecule has 2 rings (SSSR count). The average molecular weight is 371 g/mol. The Morgan fingerprint density at radius 3 is 2.39 bits per heavy atom. The first-order valence-electron chi connectivity index (χ1n) is 7.28. The normalized spacial score (nSPS) is 13.6. The molecule has 0 fully saturated rings. The summed E-state index contributed by atoms with van der Waals surface area (Å²) >= 11 is 8.72. The molecule has 124 valence electrons. The zero-order valence-corrected chi connectivity index (χ0v) is 15.5. The van der Waals surface area contributed by atoms with Crippen LogP contribution in [0.4, 0.5) is 0 Å². The molecule has 0 radical (unpaired) electrons. The largest absolute Gasteiger partial charge is 0.347 e. The molecule has 2 atom stereocenters. The summed E-state index contributed by atoms with van der Waals surface area (Å²) in [6, 6.07) is 6.52. The molecule has 0 aromatic carbocycles. The molecule has 2 aromatic rings. The topological polar surface area (TPSA) is 58.2 Å². The molecular weight excluding hydrogens is 352 g/mol. The summed E-state index contributed by atoms with van der Waals surface area (Å²) in [6.07, 6.45) is 0. The van der Waals surface area contributed by atoms with Crippen LogP contribution in [0.1, 0.15) is 41.4 Å². The van der Waals surface area contributed by atoms with Crippen molar-refractivity contribution in [1.82, 2.24) is 10.6 Å². The Kier molecular flexibility index (Phi) is 6.21. The molecule has 2 aromatic heterocycles. The predicted octanol–water partition coefficient (Wildman–Crippen LogP) is 4.09. The first kappa shape index (κ1) is 18.0. The van der Waals surface area contributed by atoms with E-state index in [0.717, 1.165) is 4.88 Å². The van der Waals surface area contributed by atoms with Gasteiger partial charge in [-0.3, -0.25) is 9.59 Å². The fourth-order valence-corrected chi connectivity index (χ4v) is 3.78. The van der Waals surface area contributed by atoms with E-state index in [1.165, 1.54) is 22.7 Å². The number of hydrogen-bond donors (Lipinski definition) is 2. The Morgan fingerprint density at radius 2 is 1.87 bits per heavy atom. The molecule has 4 nitrogen and oxygen atoms in total. The Labute approximate surface area is 148 Å². The van der Waals surface area contributed by atoms with Crippen molar-refractivity contribution < 1.29 is 9.59 Å². The van der Waals surface area contributed by atoms with Crippen LogP contribution >= 0.6 is 34.3 Å². The molecule has 7 heteroatoms. The minimum Gasteiger partial charge on any atom is -0.347 e. The summed E-state index contributed by atoms with van der Waals surface area (Å²) in [7, 11) is 0. The molecule has 0 aliphatic carbocycles. The highest BCUT2D eigenvalue weighted by molar-refractivity contribution is 7.16. The Balaban J connectivity index is 2.02. The summed E-state index contributed by atoms with van der Waals surface area (Å²) in [5.41, 5.74) is 0. The Bertz CT molecular complexity index is 667. The number of thiophene rings is 2. The van der Waals surface area contributed by atoms with Crippen molar-refractivity contribution >= 4 is 46.1 Å². The first-order valence-corrected chi connectivity index (χ1v) is 9.36. The molecule has 0 aliphatic rings. The SMILES string of the molecule is CC(NC(=O)C(NC(=O)c1cccs1)C(C)C)c1ccc(Cl)s1. The minimum atomic E-state index is -0.581. The zero-order valence-electron chi connectivity index (χ0n) is 13.1.